The third-order valence-electron chi connectivity index (χ3n) is 4.28. The van der Waals surface area contributed by atoms with Crippen LogP contribution in [0.2, 0.25) is 0 Å². The highest BCUT2D eigenvalue weighted by molar-refractivity contribution is 5.84. The summed E-state index contributed by atoms with van der Waals surface area (Å²) in [6.45, 7) is 9.08. The highest BCUT2D eigenvalue weighted by atomic mass is 16.3. The van der Waals surface area contributed by atoms with Crippen molar-refractivity contribution >= 4 is 5.91 Å². The summed E-state index contributed by atoms with van der Waals surface area (Å²) >= 11 is 0. The third-order valence-corrected chi connectivity index (χ3v) is 4.28. The molecule has 128 valence electrons. The van der Waals surface area contributed by atoms with Crippen LogP contribution in [0.15, 0.2) is 24.3 Å². The largest absolute Gasteiger partial charge is 0.508 e. The first-order valence-electron chi connectivity index (χ1n) is 8.70. The topological polar surface area (TPSA) is 55.8 Å². The normalized spacial score (nSPS) is 16.6. The molecule has 1 saturated heterocycles. The number of amides is 1. The predicted molar refractivity (Wildman–Crippen MR) is 92.5 cm³/mol. The first-order chi connectivity index (χ1) is 11.2. The highest BCUT2D eigenvalue weighted by Crippen LogP contribution is 2.30. The van der Waals surface area contributed by atoms with Gasteiger partial charge in [0, 0.05) is 31.7 Å². The molecule has 0 saturated carbocycles. The molecule has 0 aromatic heterocycles. The molecule has 5 nitrogen and oxygen atoms in total. The number of phenolic OH excluding ortho intramolecular Hbond substituents is 1. The van der Waals surface area contributed by atoms with Crippen LogP contribution in [0.5, 0.6) is 5.75 Å². The maximum Gasteiger partial charge on any atom is 0.244 e. The van der Waals surface area contributed by atoms with Crippen molar-refractivity contribution in [2.75, 3.05) is 39.3 Å². The van der Waals surface area contributed by atoms with Crippen LogP contribution in [-0.4, -0.2) is 60.1 Å². The molecule has 1 heterocycles. The third kappa shape index (κ3) is 4.45. The van der Waals surface area contributed by atoms with Crippen LogP contribution in [0.3, 0.4) is 0 Å². The van der Waals surface area contributed by atoms with Gasteiger partial charge < -0.3 is 15.3 Å². The number of benzene rings is 1. The second kappa shape index (κ2) is 8.89. The van der Waals surface area contributed by atoms with Gasteiger partial charge in [-0.15, -0.1) is 0 Å². The van der Waals surface area contributed by atoms with Crippen molar-refractivity contribution in [2.24, 2.45) is 0 Å². The minimum absolute atomic E-state index is 0.106. The first kappa shape index (κ1) is 17.8. The molecule has 1 atom stereocenters. The Hall–Kier alpha value is -1.59. The summed E-state index contributed by atoms with van der Waals surface area (Å²) in [6.07, 6.45) is 1.97. The number of piperazine rings is 1. The summed E-state index contributed by atoms with van der Waals surface area (Å²) in [5.41, 5.74) is 0.720. The van der Waals surface area contributed by atoms with Gasteiger partial charge in [-0.1, -0.05) is 32.0 Å². The van der Waals surface area contributed by atoms with E-state index in [1.807, 2.05) is 17.0 Å². The lowest BCUT2D eigenvalue weighted by molar-refractivity contribution is -0.138. The average Bonchev–Trinajstić information content (AvgIpc) is 2.58. The molecule has 1 amide bonds. The standard InChI is InChI=1S/C18H29N3O2/c1-3-11-20(12-4-2)17(15-7-5-6-8-16(15)22)18(23)21-13-9-19-10-14-21/h5-8,17,19,22H,3-4,9-14H2,1-2H3. The zero-order chi connectivity index (χ0) is 16.7. The fourth-order valence-corrected chi connectivity index (χ4v) is 3.21. The lowest BCUT2D eigenvalue weighted by atomic mass is 10.0. The Morgan fingerprint density at radius 1 is 1.22 bits per heavy atom. The summed E-state index contributed by atoms with van der Waals surface area (Å²) < 4.78 is 0. The predicted octanol–water partition coefficient (Wildman–Crippen LogP) is 1.99. The fourth-order valence-electron chi connectivity index (χ4n) is 3.21. The molecule has 0 radical (unpaired) electrons. The van der Waals surface area contributed by atoms with E-state index >= 15 is 0 Å². The summed E-state index contributed by atoms with van der Waals surface area (Å²) in [5, 5.41) is 13.6. The minimum atomic E-state index is -0.394. The summed E-state index contributed by atoms with van der Waals surface area (Å²) in [5.74, 6) is 0.313. The maximum absolute atomic E-state index is 13.2. The van der Waals surface area contributed by atoms with Crippen LogP contribution in [0.1, 0.15) is 38.3 Å². The molecular formula is C18H29N3O2. The Kier molecular flexibility index (Phi) is 6.86. The van der Waals surface area contributed by atoms with Crippen LogP contribution >= 0.6 is 0 Å². The zero-order valence-corrected chi connectivity index (χ0v) is 14.3. The number of aromatic hydroxyl groups is 1. The molecule has 1 fully saturated rings. The molecule has 2 N–H and O–H groups in total. The van der Waals surface area contributed by atoms with E-state index < -0.39 is 6.04 Å². The van der Waals surface area contributed by atoms with Crippen molar-refractivity contribution in [3.8, 4) is 5.75 Å². The molecule has 5 heteroatoms. The van der Waals surface area contributed by atoms with Crippen LogP contribution < -0.4 is 5.32 Å². The van der Waals surface area contributed by atoms with Gasteiger partial charge in [0.05, 0.1) is 0 Å². The Morgan fingerprint density at radius 2 is 1.83 bits per heavy atom. The van der Waals surface area contributed by atoms with Crippen LogP contribution in [-0.2, 0) is 4.79 Å². The van der Waals surface area contributed by atoms with Gasteiger partial charge in [0.25, 0.3) is 0 Å². The second-order valence-corrected chi connectivity index (χ2v) is 6.07. The van der Waals surface area contributed by atoms with Gasteiger partial charge in [-0.25, -0.2) is 0 Å². The summed E-state index contributed by atoms with van der Waals surface area (Å²) in [6, 6.07) is 6.84. The molecule has 2 rings (SSSR count). The first-order valence-corrected chi connectivity index (χ1v) is 8.70. The number of rotatable bonds is 7. The number of hydrogen-bond donors (Lipinski definition) is 2. The van der Waals surface area contributed by atoms with Crippen molar-refractivity contribution in [3.05, 3.63) is 29.8 Å². The van der Waals surface area contributed by atoms with E-state index in [1.54, 1.807) is 12.1 Å². The smallest absolute Gasteiger partial charge is 0.244 e. The van der Waals surface area contributed by atoms with Gasteiger partial charge >= 0.3 is 0 Å². The summed E-state index contributed by atoms with van der Waals surface area (Å²) in [7, 11) is 0. The number of para-hydroxylation sites is 1. The Morgan fingerprint density at radius 3 is 2.39 bits per heavy atom. The molecule has 0 bridgehead atoms. The fraction of sp³-hybridized carbons (Fsp3) is 0.611. The van der Waals surface area contributed by atoms with Crippen molar-refractivity contribution in [3.63, 3.8) is 0 Å². The van der Waals surface area contributed by atoms with E-state index in [0.717, 1.165) is 57.7 Å². The molecule has 1 aromatic rings. The lowest BCUT2D eigenvalue weighted by Gasteiger charge is -2.36. The van der Waals surface area contributed by atoms with Crippen molar-refractivity contribution in [1.29, 1.82) is 0 Å². The zero-order valence-electron chi connectivity index (χ0n) is 14.3. The number of nitrogens with one attached hydrogen (secondary N) is 1. The van der Waals surface area contributed by atoms with Gasteiger partial charge in [-0.05, 0) is 32.0 Å². The Bertz CT molecular complexity index is 495. The molecule has 1 aromatic carbocycles. The average molecular weight is 319 g/mol. The van der Waals surface area contributed by atoms with Crippen LogP contribution in [0.25, 0.3) is 0 Å². The quantitative estimate of drug-likeness (QED) is 0.807. The van der Waals surface area contributed by atoms with Crippen molar-refractivity contribution in [1.82, 2.24) is 15.1 Å². The SMILES string of the molecule is CCCN(CCC)C(C(=O)N1CCNCC1)c1ccccc1O. The second-order valence-electron chi connectivity index (χ2n) is 6.07. The van der Waals surface area contributed by atoms with Gasteiger partial charge in [0.2, 0.25) is 5.91 Å². The van der Waals surface area contributed by atoms with Gasteiger partial charge in [0.1, 0.15) is 11.8 Å². The molecule has 23 heavy (non-hydrogen) atoms. The monoisotopic (exact) mass is 319 g/mol. The van der Waals surface area contributed by atoms with Crippen LogP contribution in [0.4, 0.5) is 0 Å². The number of phenols is 1. The van der Waals surface area contributed by atoms with Crippen molar-refractivity contribution in [2.45, 2.75) is 32.7 Å². The van der Waals surface area contributed by atoms with E-state index in [1.165, 1.54) is 0 Å². The number of carbonyl (C=O) groups is 1. The van der Waals surface area contributed by atoms with E-state index in [2.05, 4.69) is 24.1 Å². The van der Waals surface area contributed by atoms with Gasteiger partial charge in [-0.3, -0.25) is 9.69 Å². The molecule has 1 aliphatic rings. The molecule has 0 aliphatic carbocycles. The van der Waals surface area contributed by atoms with Crippen LogP contribution in [0, 0.1) is 0 Å². The van der Waals surface area contributed by atoms with E-state index in [4.69, 9.17) is 0 Å². The molecule has 1 aliphatic heterocycles. The molecule has 0 spiro atoms. The van der Waals surface area contributed by atoms with E-state index in [0.29, 0.717) is 0 Å². The van der Waals surface area contributed by atoms with E-state index in [9.17, 15) is 9.90 Å². The van der Waals surface area contributed by atoms with Gasteiger partial charge in [0.15, 0.2) is 0 Å². The lowest BCUT2D eigenvalue weighted by Crippen LogP contribution is -2.51. The van der Waals surface area contributed by atoms with Gasteiger partial charge in [-0.2, -0.15) is 0 Å². The Labute approximate surface area is 139 Å². The summed E-state index contributed by atoms with van der Waals surface area (Å²) in [4.78, 5) is 17.3. The molecular weight excluding hydrogens is 290 g/mol. The number of nitrogens with zero attached hydrogens (tertiary/aromatic N) is 2. The highest BCUT2D eigenvalue weighted by Gasteiger charge is 2.32. The number of carbonyl (C=O) groups excluding carboxylic acids is 1. The number of hydrogen-bond acceptors (Lipinski definition) is 4. The van der Waals surface area contributed by atoms with E-state index in [-0.39, 0.29) is 11.7 Å². The molecule has 1 unspecified atom stereocenters. The Balaban J connectivity index is 2.33. The minimum Gasteiger partial charge on any atom is -0.508 e. The maximum atomic E-state index is 13.2. The van der Waals surface area contributed by atoms with Crippen molar-refractivity contribution < 1.29 is 9.90 Å².